The molecule has 2 amide bonds. The first-order valence-corrected chi connectivity index (χ1v) is 8.79. The maximum atomic E-state index is 12.6. The van der Waals surface area contributed by atoms with Crippen molar-refractivity contribution in [3.63, 3.8) is 0 Å². The van der Waals surface area contributed by atoms with Crippen molar-refractivity contribution in [1.29, 1.82) is 0 Å². The highest BCUT2D eigenvalue weighted by Gasteiger charge is 2.34. The molecule has 0 aromatic heterocycles. The van der Waals surface area contributed by atoms with Crippen molar-refractivity contribution < 1.29 is 19.1 Å². The second-order valence-corrected chi connectivity index (χ2v) is 6.86. The zero-order valence-electron chi connectivity index (χ0n) is 14.4. The number of ether oxygens (including phenoxy) is 1. The van der Waals surface area contributed by atoms with E-state index in [9.17, 15) is 14.4 Å². The van der Waals surface area contributed by atoms with E-state index in [0.29, 0.717) is 10.5 Å². The van der Waals surface area contributed by atoms with E-state index in [0.717, 1.165) is 28.5 Å². The number of imide groups is 1. The van der Waals surface area contributed by atoms with Crippen LogP contribution in [0.2, 0.25) is 0 Å². The molecule has 1 saturated heterocycles. The predicted molar refractivity (Wildman–Crippen MR) is 100 cm³/mol. The lowest BCUT2D eigenvalue weighted by Gasteiger charge is -2.12. The van der Waals surface area contributed by atoms with Crippen LogP contribution in [0, 0.1) is 6.92 Å². The zero-order chi connectivity index (χ0) is 18.7. The Bertz CT molecular complexity index is 902. The van der Waals surface area contributed by atoms with Gasteiger partial charge in [0, 0.05) is 0 Å². The van der Waals surface area contributed by atoms with Crippen LogP contribution in [0.4, 0.5) is 4.79 Å². The molecule has 132 valence electrons. The number of esters is 1. The first-order chi connectivity index (χ1) is 12.5. The molecule has 6 heteroatoms. The van der Waals surface area contributed by atoms with Crippen LogP contribution in [0.25, 0.3) is 6.08 Å². The molecule has 0 unspecified atom stereocenters. The molecule has 1 heterocycles. The van der Waals surface area contributed by atoms with Gasteiger partial charge in [0.25, 0.3) is 11.1 Å². The minimum atomic E-state index is -0.421. The molecule has 1 fully saturated rings. The predicted octanol–water partition coefficient (Wildman–Crippen LogP) is 4.02. The van der Waals surface area contributed by atoms with Crippen molar-refractivity contribution in [3.05, 3.63) is 75.7 Å². The Morgan fingerprint density at radius 1 is 1.15 bits per heavy atom. The lowest BCUT2D eigenvalue weighted by atomic mass is 10.1. The van der Waals surface area contributed by atoms with Crippen LogP contribution in [0.15, 0.2) is 53.4 Å². The quantitative estimate of drug-likeness (QED) is 0.603. The van der Waals surface area contributed by atoms with Crippen LogP contribution in [-0.4, -0.2) is 29.1 Å². The molecule has 0 spiro atoms. The van der Waals surface area contributed by atoms with E-state index < -0.39 is 5.97 Å². The Hall–Kier alpha value is -2.86. The van der Waals surface area contributed by atoms with Crippen molar-refractivity contribution >= 4 is 35.0 Å². The van der Waals surface area contributed by atoms with E-state index in [-0.39, 0.29) is 17.7 Å². The summed E-state index contributed by atoms with van der Waals surface area (Å²) in [5.41, 5.74) is 3.16. The lowest BCUT2D eigenvalue weighted by molar-refractivity contribution is -0.123. The highest BCUT2D eigenvalue weighted by Crippen LogP contribution is 2.33. The van der Waals surface area contributed by atoms with Gasteiger partial charge in [0.15, 0.2) is 0 Å². The molecule has 0 bridgehead atoms. The third-order valence-electron chi connectivity index (χ3n) is 3.93. The van der Waals surface area contributed by atoms with Crippen molar-refractivity contribution in [2.24, 2.45) is 0 Å². The van der Waals surface area contributed by atoms with Gasteiger partial charge in [-0.1, -0.05) is 42.0 Å². The van der Waals surface area contributed by atoms with Gasteiger partial charge in [-0.3, -0.25) is 14.5 Å². The van der Waals surface area contributed by atoms with E-state index in [1.807, 2.05) is 31.2 Å². The van der Waals surface area contributed by atoms with E-state index >= 15 is 0 Å². The Morgan fingerprint density at radius 3 is 2.54 bits per heavy atom. The molecule has 0 atom stereocenters. The Kier molecular flexibility index (Phi) is 5.23. The monoisotopic (exact) mass is 367 g/mol. The second kappa shape index (κ2) is 7.58. The van der Waals surface area contributed by atoms with Crippen LogP contribution in [-0.2, 0) is 16.1 Å². The number of nitrogens with zero attached hydrogens (tertiary/aromatic N) is 1. The van der Waals surface area contributed by atoms with Crippen LogP contribution < -0.4 is 0 Å². The highest BCUT2D eigenvalue weighted by molar-refractivity contribution is 8.18. The second-order valence-electron chi connectivity index (χ2n) is 5.87. The van der Waals surface area contributed by atoms with Crippen molar-refractivity contribution in [3.8, 4) is 0 Å². The molecule has 2 aromatic carbocycles. The summed E-state index contributed by atoms with van der Waals surface area (Å²) in [4.78, 5) is 37.9. The van der Waals surface area contributed by atoms with E-state index in [2.05, 4.69) is 4.74 Å². The minimum Gasteiger partial charge on any atom is -0.465 e. The number of rotatable bonds is 4. The normalized spacial score (nSPS) is 15.6. The first-order valence-electron chi connectivity index (χ1n) is 7.97. The minimum absolute atomic E-state index is 0.255. The van der Waals surface area contributed by atoms with Gasteiger partial charge in [-0.2, -0.15) is 0 Å². The molecule has 0 saturated carbocycles. The average Bonchev–Trinajstić information content (AvgIpc) is 2.89. The van der Waals surface area contributed by atoms with Crippen LogP contribution in [0.1, 0.15) is 27.0 Å². The third-order valence-corrected chi connectivity index (χ3v) is 4.83. The molecule has 1 aliphatic rings. The fourth-order valence-corrected chi connectivity index (χ4v) is 3.45. The molecular formula is C20H17NO4S. The van der Waals surface area contributed by atoms with E-state index in [4.69, 9.17) is 0 Å². The molecule has 0 radical (unpaired) electrons. The summed E-state index contributed by atoms with van der Waals surface area (Å²) in [6.45, 7) is 2.22. The van der Waals surface area contributed by atoms with Crippen LogP contribution in [0.5, 0.6) is 0 Å². The SMILES string of the molecule is COC(=O)c1ccc(/C=C2/SC(=O)N(Cc3cccc(C)c3)C2=O)cc1. The Morgan fingerprint density at radius 2 is 1.88 bits per heavy atom. The number of benzene rings is 2. The van der Waals surface area contributed by atoms with Gasteiger partial charge in [0.1, 0.15) is 0 Å². The van der Waals surface area contributed by atoms with Crippen molar-refractivity contribution in [2.75, 3.05) is 7.11 Å². The number of aryl methyl sites for hydroxylation is 1. The zero-order valence-corrected chi connectivity index (χ0v) is 15.2. The maximum Gasteiger partial charge on any atom is 0.337 e. The molecule has 1 aliphatic heterocycles. The first kappa shape index (κ1) is 17.9. The lowest BCUT2D eigenvalue weighted by Crippen LogP contribution is -2.27. The van der Waals surface area contributed by atoms with Gasteiger partial charge in [-0.05, 0) is 48.0 Å². The number of methoxy groups -OCH3 is 1. The number of carbonyl (C=O) groups is 3. The molecule has 5 nitrogen and oxygen atoms in total. The van der Waals surface area contributed by atoms with Gasteiger partial charge in [-0.25, -0.2) is 4.79 Å². The van der Waals surface area contributed by atoms with E-state index in [1.54, 1.807) is 30.3 Å². The van der Waals surface area contributed by atoms with Gasteiger partial charge < -0.3 is 4.74 Å². The average molecular weight is 367 g/mol. The molecule has 2 aromatic rings. The number of thioether (sulfide) groups is 1. The van der Waals surface area contributed by atoms with Crippen LogP contribution in [0.3, 0.4) is 0 Å². The summed E-state index contributed by atoms with van der Waals surface area (Å²) >= 11 is 0.922. The number of amides is 2. The van der Waals surface area contributed by atoms with Crippen molar-refractivity contribution in [1.82, 2.24) is 4.90 Å². The van der Waals surface area contributed by atoms with Gasteiger partial charge in [-0.15, -0.1) is 0 Å². The van der Waals surface area contributed by atoms with Gasteiger partial charge >= 0.3 is 5.97 Å². The van der Waals surface area contributed by atoms with Gasteiger partial charge in [0.05, 0.1) is 24.1 Å². The topological polar surface area (TPSA) is 63.7 Å². The Labute approximate surface area is 155 Å². The summed E-state index contributed by atoms with van der Waals surface area (Å²) < 4.78 is 4.66. The summed E-state index contributed by atoms with van der Waals surface area (Å²) in [5.74, 6) is -0.728. The summed E-state index contributed by atoms with van der Waals surface area (Å²) in [7, 11) is 1.32. The highest BCUT2D eigenvalue weighted by atomic mass is 32.2. The fourth-order valence-electron chi connectivity index (χ4n) is 2.61. The number of hydrogen-bond acceptors (Lipinski definition) is 5. The third kappa shape index (κ3) is 3.86. The molecule has 26 heavy (non-hydrogen) atoms. The fraction of sp³-hybridized carbons (Fsp3) is 0.150. The molecular weight excluding hydrogens is 350 g/mol. The van der Waals surface area contributed by atoms with Crippen LogP contribution >= 0.6 is 11.8 Å². The van der Waals surface area contributed by atoms with Crippen molar-refractivity contribution in [2.45, 2.75) is 13.5 Å². The number of carbonyl (C=O) groups excluding carboxylic acids is 3. The Balaban J connectivity index is 1.77. The summed E-state index contributed by atoms with van der Waals surface area (Å²) in [6.07, 6.45) is 1.65. The number of hydrogen-bond donors (Lipinski definition) is 0. The smallest absolute Gasteiger partial charge is 0.337 e. The maximum absolute atomic E-state index is 12.6. The van der Waals surface area contributed by atoms with Gasteiger partial charge in [0.2, 0.25) is 0 Å². The summed E-state index contributed by atoms with van der Waals surface area (Å²) in [6, 6.07) is 14.4. The molecule has 0 aliphatic carbocycles. The standard InChI is InChI=1S/C20H17NO4S/c1-13-4-3-5-15(10-13)12-21-18(22)17(26-20(21)24)11-14-6-8-16(9-7-14)19(23)25-2/h3-11H,12H2,1-2H3/b17-11+. The molecule has 3 rings (SSSR count). The van der Waals surface area contributed by atoms with E-state index in [1.165, 1.54) is 12.0 Å². The molecule has 0 N–H and O–H groups in total. The largest absolute Gasteiger partial charge is 0.465 e. The summed E-state index contributed by atoms with van der Waals surface area (Å²) in [5, 5.41) is -0.283.